The van der Waals surface area contributed by atoms with Crippen molar-refractivity contribution in [3.05, 3.63) is 53.9 Å². The first-order valence-electron chi connectivity index (χ1n) is 11.8. The fraction of sp³-hybridized carbons (Fsp3) is 0.444. The summed E-state index contributed by atoms with van der Waals surface area (Å²) in [5, 5.41) is 1.01. The molecule has 3 aromatic rings. The van der Waals surface area contributed by atoms with Crippen LogP contribution in [0.4, 0.5) is 4.79 Å². The number of fused-ring (bicyclic) bond motifs is 1. The molecular formula is C27H34N4O3. The smallest absolute Gasteiger partial charge is 0.419 e. The molecule has 0 N–H and O–H groups in total. The zero-order chi connectivity index (χ0) is 24.6. The van der Waals surface area contributed by atoms with Crippen LogP contribution in [0, 0.1) is 0 Å². The van der Waals surface area contributed by atoms with Gasteiger partial charge in [0, 0.05) is 37.3 Å². The summed E-state index contributed by atoms with van der Waals surface area (Å²) in [5.41, 5.74) is 3.38. The molecule has 1 fully saturated rings. The van der Waals surface area contributed by atoms with Crippen LogP contribution < -0.4 is 0 Å². The number of aromatic nitrogens is 2. The van der Waals surface area contributed by atoms with E-state index in [0.29, 0.717) is 11.7 Å². The van der Waals surface area contributed by atoms with Gasteiger partial charge in [-0.1, -0.05) is 12.1 Å². The van der Waals surface area contributed by atoms with E-state index >= 15 is 0 Å². The summed E-state index contributed by atoms with van der Waals surface area (Å²) in [4.78, 5) is 33.9. The Morgan fingerprint density at radius 2 is 1.94 bits per heavy atom. The van der Waals surface area contributed by atoms with Crippen molar-refractivity contribution in [3.63, 3.8) is 0 Å². The lowest BCUT2D eigenvalue weighted by molar-refractivity contribution is 0.0544. The maximum Gasteiger partial charge on any atom is 0.419 e. The molecule has 1 saturated heterocycles. The summed E-state index contributed by atoms with van der Waals surface area (Å²) < 4.78 is 7.29. The van der Waals surface area contributed by atoms with Crippen LogP contribution in [-0.4, -0.2) is 70.7 Å². The van der Waals surface area contributed by atoms with E-state index in [4.69, 9.17) is 4.74 Å². The molecule has 1 atom stereocenters. The lowest BCUT2D eigenvalue weighted by atomic mass is 10.0. The first kappa shape index (κ1) is 24.0. The number of pyridine rings is 1. The van der Waals surface area contributed by atoms with Crippen molar-refractivity contribution in [1.29, 1.82) is 0 Å². The second kappa shape index (κ2) is 9.22. The largest absolute Gasteiger partial charge is 0.443 e. The molecule has 1 amide bonds. The van der Waals surface area contributed by atoms with Gasteiger partial charge < -0.3 is 14.5 Å². The second-order valence-electron chi connectivity index (χ2n) is 10.3. The van der Waals surface area contributed by atoms with Gasteiger partial charge in [0.25, 0.3) is 5.91 Å². The second-order valence-corrected chi connectivity index (χ2v) is 10.3. The van der Waals surface area contributed by atoms with Crippen LogP contribution in [0.5, 0.6) is 0 Å². The Hall–Kier alpha value is -3.19. The monoisotopic (exact) mass is 462 g/mol. The highest BCUT2D eigenvalue weighted by Crippen LogP contribution is 2.31. The highest BCUT2D eigenvalue weighted by Gasteiger charge is 2.25. The van der Waals surface area contributed by atoms with E-state index in [1.165, 1.54) is 11.3 Å². The van der Waals surface area contributed by atoms with E-state index in [1.54, 1.807) is 24.7 Å². The van der Waals surface area contributed by atoms with Crippen LogP contribution in [0.1, 0.15) is 49.7 Å². The van der Waals surface area contributed by atoms with Gasteiger partial charge >= 0.3 is 6.09 Å². The lowest BCUT2D eigenvalue weighted by Crippen LogP contribution is -2.27. The average molecular weight is 463 g/mol. The number of hydrogen-bond donors (Lipinski definition) is 0. The van der Waals surface area contributed by atoms with Crippen LogP contribution in [0.3, 0.4) is 0 Å². The Balaban J connectivity index is 1.78. The van der Waals surface area contributed by atoms with E-state index < -0.39 is 5.60 Å². The Morgan fingerprint density at radius 3 is 2.59 bits per heavy atom. The molecule has 0 saturated carbocycles. The van der Waals surface area contributed by atoms with E-state index in [0.717, 1.165) is 47.1 Å². The number of carbonyl (C=O) groups excluding carboxylic acids is 2. The number of rotatable bonds is 4. The molecule has 7 heteroatoms. The number of nitrogens with zero attached hydrogens (tertiary/aromatic N) is 4. The molecule has 3 heterocycles. The fourth-order valence-corrected chi connectivity index (χ4v) is 4.52. The van der Waals surface area contributed by atoms with Gasteiger partial charge in [-0.25, -0.2) is 9.78 Å². The fourth-order valence-electron chi connectivity index (χ4n) is 4.52. The third-order valence-corrected chi connectivity index (χ3v) is 6.27. The Labute approximate surface area is 201 Å². The van der Waals surface area contributed by atoms with E-state index in [9.17, 15) is 9.59 Å². The number of ether oxygens (including phenoxy) is 1. The molecule has 2 aromatic heterocycles. The van der Waals surface area contributed by atoms with Crippen molar-refractivity contribution in [3.8, 4) is 11.3 Å². The first-order valence-corrected chi connectivity index (χ1v) is 11.8. The predicted molar refractivity (Wildman–Crippen MR) is 134 cm³/mol. The van der Waals surface area contributed by atoms with Crippen molar-refractivity contribution in [2.75, 3.05) is 27.7 Å². The standard InChI is InChI=1S/C27H34N4O3/c1-27(2,3)34-26(33)31-17-19(15-20-9-8-14-30(20)6)21-16-18(12-13-24(21)31)22-10-7-11-23(28-22)25(32)29(4)5/h7,10-13,16-17,20H,8-9,14-15H2,1-6H3/t20-/m1/s1. The van der Waals surface area contributed by atoms with Crippen LogP contribution in [-0.2, 0) is 11.2 Å². The molecule has 0 aliphatic carbocycles. The van der Waals surface area contributed by atoms with Crippen molar-refractivity contribution in [1.82, 2.24) is 19.4 Å². The molecule has 1 aliphatic rings. The highest BCUT2D eigenvalue weighted by atomic mass is 16.6. The molecule has 1 aliphatic heterocycles. The van der Waals surface area contributed by atoms with Gasteiger partial charge in [0.15, 0.2) is 0 Å². The van der Waals surface area contributed by atoms with E-state index in [-0.39, 0.29) is 12.0 Å². The molecule has 180 valence electrons. The summed E-state index contributed by atoms with van der Waals surface area (Å²) in [6.07, 6.45) is 4.74. The molecule has 0 radical (unpaired) electrons. The van der Waals surface area contributed by atoms with Crippen LogP contribution in [0.2, 0.25) is 0 Å². The maximum atomic E-state index is 13.0. The maximum absolute atomic E-state index is 13.0. The number of carbonyl (C=O) groups is 2. The van der Waals surface area contributed by atoms with E-state index in [2.05, 4.69) is 23.0 Å². The van der Waals surface area contributed by atoms with Crippen molar-refractivity contribution >= 4 is 22.9 Å². The summed E-state index contributed by atoms with van der Waals surface area (Å²) in [7, 11) is 5.59. The third-order valence-electron chi connectivity index (χ3n) is 6.27. The zero-order valence-electron chi connectivity index (χ0n) is 21.0. The highest BCUT2D eigenvalue weighted by molar-refractivity contribution is 5.95. The Morgan fingerprint density at radius 1 is 1.18 bits per heavy atom. The molecule has 34 heavy (non-hydrogen) atoms. The van der Waals surface area contributed by atoms with Crippen LogP contribution in [0.15, 0.2) is 42.6 Å². The van der Waals surface area contributed by atoms with Gasteiger partial charge in [-0.3, -0.25) is 9.36 Å². The SMILES string of the molecule is CN(C)C(=O)c1cccc(-c2ccc3c(c2)c(C[C@H]2CCCN2C)cn3C(=O)OC(C)(C)C)n1. The molecule has 4 rings (SSSR count). The molecule has 7 nitrogen and oxygen atoms in total. The minimum absolute atomic E-state index is 0.135. The summed E-state index contributed by atoms with van der Waals surface area (Å²) >= 11 is 0. The third kappa shape index (κ3) is 4.99. The average Bonchev–Trinajstić information content (AvgIpc) is 3.35. The summed E-state index contributed by atoms with van der Waals surface area (Å²) in [5.74, 6) is -0.135. The van der Waals surface area contributed by atoms with E-state index in [1.807, 2.05) is 51.2 Å². The number of amides is 1. The van der Waals surface area contributed by atoms with Gasteiger partial charge in [-0.15, -0.1) is 0 Å². The number of likely N-dealkylation sites (N-methyl/N-ethyl adjacent to an activating group) is 1. The van der Waals surface area contributed by atoms with Gasteiger partial charge in [0.1, 0.15) is 11.3 Å². The number of benzene rings is 1. The van der Waals surface area contributed by atoms with Crippen molar-refractivity contribution in [2.24, 2.45) is 0 Å². The Kier molecular flexibility index (Phi) is 6.49. The predicted octanol–water partition coefficient (Wildman–Crippen LogP) is 4.83. The van der Waals surface area contributed by atoms with Gasteiger partial charge in [0.2, 0.25) is 0 Å². The lowest BCUT2D eigenvalue weighted by Gasteiger charge is -2.20. The number of likely N-dealkylation sites (tertiary alicyclic amines) is 1. The summed E-state index contributed by atoms with van der Waals surface area (Å²) in [6.45, 7) is 6.71. The normalized spacial score (nSPS) is 16.7. The van der Waals surface area contributed by atoms with Gasteiger partial charge in [-0.05, 0) is 83.5 Å². The number of hydrogen-bond acceptors (Lipinski definition) is 5. The van der Waals surface area contributed by atoms with Crippen LogP contribution >= 0.6 is 0 Å². The van der Waals surface area contributed by atoms with Gasteiger partial charge in [0.05, 0.1) is 11.2 Å². The molecule has 0 bridgehead atoms. The van der Waals surface area contributed by atoms with Crippen molar-refractivity contribution in [2.45, 2.75) is 51.7 Å². The molecule has 0 unspecified atom stereocenters. The first-order chi connectivity index (χ1) is 16.0. The molecule has 0 spiro atoms. The minimum atomic E-state index is -0.581. The Bertz CT molecular complexity index is 1220. The van der Waals surface area contributed by atoms with Gasteiger partial charge in [-0.2, -0.15) is 0 Å². The zero-order valence-corrected chi connectivity index (χ0v) is 21.0. The molecule has 1 aromatic carbocycles. The van der Waals surface area contributed by atoms with Crippen molar-refractivity contribution < 1.29 is 14.3 Å². The van der Waals surface area contributed by atoms with Crippen LogP contribution in [0.25, 0.3) is 22.2 Å². The topological polar surface area (TPSA) is 67.7 Å². The molecular weight excluding hydrogens is 428 g/mol. The quantitative estimate of drug-likeness (QED) is 0.556. The summed E-state index contributed by atoms with van der Waals surface area (Å²) in [6, 6.07) is 11.9. The minimum Gasteiger partial charge on any atom is -0.443 e.